The van der Waals surface area contributed by atoms with Crippen LogP contribution in [0.3, 0.4) is 0 Å². The molecule has 6 heteroatoms. The average molecular weight is 350 g/mol. The molecule has 1 aliphatic rings. The maximum Gasteiger partial charge on any atom is 0.410 e. The molecular formula is C19H30N2O4. The van der Waals surface area contributed by atoms with Crippen molar-refractivity contribution in [2.45, 2.75) is 39.2 Å². The van der Waals surface area contributed by atoms with Crippen molar-refractivity contribution in [3.8, 4) is 11.5 Å². The second kappa shape index (κ2) is 8.32. The van der Waals surface area contributed by atoms with Crippen molar-refractivity contribution in [3.63, 3.8) is 0 Å². The lowest BCUT2D eigenvalue weighted by Crippen LogP contribution is -2.42. The number of rotatable bonds is 5. The Balaban J connectivity index is 1.82. The summed E-state index contributed by atoms with van der Waals surface area (Å²) >= 11 is 0. The topological polar surface area (TPSA) is 60.0 Å². The lowest BCUT2D eigenvalue weighted by Gasteiger charge is -2.33. The number of carbonyl (C=O) groups is 1. The Labute approximate surface area is 150 Å². The molecule has 0 spiro atoms. The van der Waals surface area contributed by atoms with E-state index in [1.165, 1.54) is 0 Å². The van der Waals surface area contributed by atoms with Gasteiger partial charge in [0, 0.05) is 43.5 Å². The van der Waals surface area contributed by atoms with Crippen molar-refractivity contribution in [3.05, 3.63) is 18.2 Å². The summed E-state index contributed by atoms with van der Waals surface area (Å²) in [5.74, 6) is 2.05. The molecule has 0 unspecified atom stereocenters. The van der Waals surface area contributed by atoms with Gasteiger partial charge in [-0.3, -0.25) is 0 Å². The van der Waals surface area contributed by atoms with E-state index in [0.717, 1.165) is 49.7 Å². The van der Waals surface area contributed by atoms with Crippen molar-refractivity contribution in [2.24, 2.45) is 5.92 Å². The summed E-state index contributed by atoms with van der Waals surface area (Å²) in [7, 11) is 3.29. The fourth-order valence-electron chi connectivity index (χ4n) is 2.82. The number of methoxy groups -OCH3 is 2. The molecule has 1 N–H and O–H groups in total. The van der Waals surface area contributed by atoms with Crippen LogP contribution in [0.1, 0.15) is 33.6 Å². The molecule has 6 nitrogen and oxygen atoms in total. The molecule has 2 rings (SSSR count). The molecule has 0 aliphatic carbocycles. The average Bonchev–Trinajstić information content (AvgIpc) is 2.58. The molecule has 0 saturated carbocycles. The van der Waals surface area contributed by atoms with Crippen LogP contribution >= 0.6 is 0 Å². The Morgan fingerprint density at radius 1 is 1.12 bits per heavy atom. The largest absolute Gasteiger partial charge is 0.497 e. The van der Waals surface area contributed by atoms with Crippen molar-refractivity contribution < 1.29 is 19.0 Å². The number of ether oxygens (including phenoxy) is 3. The quantitative estimate of drug-likeness (QED) is 0.876. The molecule has 1 aromatic carbocycles. The van der Waals surface area contributed by atoms with Gasteiger partial charge in [-0.15, -0.1) is 0 Å². The van der Waals surface area contributed by atoms with E-state index in [-0.39, 0.29) is 6.09 Å². The molecule has 1 saturated heterocycles. The number of benzene rings is 1. The van der Waals surface area contributed by atoms with E-state index in [1.807, 2.05) is 39.0 Å². The maximum absolute atomic E-state index is 12.1. The Bertz CT molecular complexity index is 553. The maximum atomic E-state index is 12.1. The Hall–Kier alpha value is -2.11. The van der Waals surface area contributed by atoms with Gasteiger partial charge in [0.1, 0.15) is 17.1 Å². The lowest BCUT2D eigenvalue weighted by molar-refractivity contribution is 0.0188. The van der Waals surface area contributed by atoms with Crippen LogP contribution in [0.25, 0.3) is 0 Å². The highest BCUT2D eigenvalue weighted by atomic mass is 16.6. The zero-order valence-electron chi connectivity index (χ0n) is 15.9. The number of anilines is 1. The van der Waals surface area contributed by atoms with Gasteiger partial charge < -0.3 is 24.4 Å². The summed E-state index contributed by atoms with van der Waals surface area (Å²) in [6.07, 6.45) is 1.72. The first-order valence-corrected chi connectivity index (χ1v) is 8.75. The third kappa shape index (κ3) is 6.03. The first kappa shape index (κ1) is 19.2. The number of nitrogens with zero attached hydrogens (tertiary/aromatic N) is 1. The minimum absolute atomic E-state index is 0.212. The van der Waals surface area contributed by atoms with Crippen LogP contribution < -0.4 is 14.8 Å². The summed E-state index contributed by atoms with van der Waals surface area (Å²) in [6.45, 7) is 8.02. The van der Waals surface area contributed by atoms with E-state index in [4.69, 9.17) is 14.2 Å². The molecule has 1 aliphatic heterocycles. The van der Waals surface area contributed by atoms with Gasteiger partial charge in [-0.1, -0.05) is 0 Å². The zero-order chi connectivity index (χ0) is 18.4. The van der Waals surface area contributed by atoms with Crippen LogP contribution in [-0.2, 0) is 4.74 Å². The van der Waals surface area contributed by atoms with Crippen molar-refractivity contribution in [1.29, 1.82) is 0 Å². The lowest BCUT2D eigenvalue weighted by atomic mass is 9.97. The number of carbonyl (C=O) groups excluding carboxylic acids is 1. The number of likely N-dealkylation sites (tertiary alicyclic amines) is 1. The molecule has 0 aromatic heterocycles. The van der Waals surface area contributed by atoms with Crippen LogP contribution in [-0.4, -0.2) is 50.4 Å². The molecule has 0 bridgehead atoms. The second-order valence-electron chi connectivity index (χ2n) is 7.39. The fraction of sp³-hybridized carbons (Fsp3) is 0.632. The SMILES string of the molecule is COc1cc(NCC2CCN(C(=O)OC(C)(C)C)CC2)cc(OC)c1. The first-order chi connectivity index (χ1) is 11.8. The third-order valence-corrected chi connectivity index (χ3v) is 4.21. The Kier molecular flexibility index (Phi) is 6.39. The number of amides is 1. The predicted octanol–water partition coefficient (Wildman–Crippen LogP) is 3.76. The number of hydrogen-bond donors (Lipinski definition) is 1. The minimum Gasteiger partial charge on any atom is -0.497 e. The molecular weight excluding hydrogens is 320 g/mol. The number of hydrogen-bond acceptors (Lipinski definition) is 5. The fourth-order valence-corrected chi connectivity index (χ4v) is 2.82. The monoisotopic (exact) mass is 350 g/mol. The van der Waals surface area contributed by atoms with Gasteiger partial charge in [-0.05, 0) is 39.5 Å². The van der Waals surface area contributed by atoms with Crippen LogP contribution in [0, 0.1) is 5.92 Å². The zero-order valence-corrected chi connectivity index (χ0v) is 15.9. The summed E-state index contributed by atoms with van der Waals surface area (Å²) < 4.78 is 16.0. The van der Waals surface area contributed by atoms with Crippen LogP contribution in [0.5, 0.6) is 11.5 Å². The third-order valence-electron chi connectivity index (χ3n) is 4.21. The van der Waals surface area contributed by atoms with E-state index >= 15 is 0 Å². The van der Waals surface area contributed by atoms with E-state index in [1.54, 1.807) is 19.1 Å². The Morgan fingerprint density at radius 2 is 1.68 bits per heavy atom. The van der Waals surface area contributed by atoms with Crippen LogP contribution in [0.2, 0.25) is 0 Å². The van der Waals surface area contributed by atoms with Crippen LogP contribution in [0.15, 0.2) is 18.2 Å². The normalized spacial score (nSPS) is 15.6. The molecule has 1 fully saturated rings. The van der Waals surface area contributed by atoms with Gasteiger partial charge in [0.25, 0.3) is 0 Å². The van der Waals surface area contributed by atoms with Gasteiger partial charge in [0.15, 0.2) is 0 Å². The second-order valence-corrected chi connectivity index (χ2v) is 7.39. The van der Waals surface area contributed by atoms with Gasteiger partial charge in [-0.2, -0.15) is 0 Å². The standard InChI is InChI=1S/C19H30N2O4/c1-19(2,3)25-18(22)21-8-6-14(7-9-21)13-20-15-10-16(23-4)12-17(11-15)24-5/h10-12,14,20H,6-9,13H2,1-5H3. The molecule has 1 amide bonds. The van der Waals surface area contributed by atoms with Gasteiger partial charge >= 0.3 is 6.09 Å². The summed E-state index contributed by atoms with van der Waals surface area (Å²) in [5.41, 5.74) is 0.534. The Morgan fingerprint density at radius 3 is 2.16 bits per heavy atom. The highest BCUT2D eigenvalue weighted by Gasteiger charge is 2.26. The van der Waals surface area contributed by atoms with Gasteiger partial charge in [-0.25, -0.2) is 4.79 Å². The van der Waals surface area contributed by atoms with E-state index in [2.05, 4.69) is 5.32 Å². The van der Waals surface area contributed by atoms with E-state index < -0.39 is 5.60 Å². The highest BCUT2D eigenvalue weighted by molar-refractivity contribution is 5.68. The summed E-state index contributed by atoms with van der Waals surface area (Å²) in [5, 5.41) is 3.45. The van der Waals surface area contributed by atoms with Gasteiger partial charge in [0.05, 0.1) is 14.2 Å². The molecule has 140 valence electrons. The minimum atomic E-state index is -0.444. The predicted molar refractivity (Wildman–Crippen MR) is 98.6 cm³/mol. The van der Waals surface area contributed by atoms with E-state index in [9.17, 15) is 4.79 Å². The smallest absolute Gasteiger partial charge is 0.410 e. The number of nitrogens with one attached hydrogen (secondary N) is 1. The van der Waals surface area contributed by atoms with Crippen molar-refractivity contribution in [1.82, 2.24) is 4.90 Å². The van der Waals surface area contributed by atoms with Crippen molar-refractivity contribution >= 4 is 11.8 Å². The molecule has 0 radical (unpaired) electrons. The molecule has 1 aromatic rings. The molecule has 25 heavy (non-hydrogen) atoms. The summed E-state index contributed by atoms with van der Waals surface area (Å²) in [4.78, 5) is 13.9. The molecule has 1 heterocycles. The van der Waals surface area contributed by atoms with E-state index in [0.29, 0.717) is 5.92 Å². The highest BCUT2D eigenvalue weighted by Crippen LogP contribution is 2.27. The van der Waals surface area contributed by atoms with Gasteiger partial charge in [0.2, 0.25) is 0 Å². The molecule has 0 atom stereocenters. The number of piperidine rings is 1. The first-order valence-electron chi connectivity index (χ1n) is 8.75. The van der Waals surface area contributed by atoms with Crippen molar-refractivity contribution in [2.75, 3.05) is 39.2 Å². The van der Waals surface area contributed by atoms with Crippen LogP contribution in [0.4, 0.5) is 10.5 Å². The summed E-state index contributed by atoms with van der Waals surface area (Å²) in [6, 6.07) is 5.77.